The van der Waals surface area contributed by atoms with Crippen molar-refractivity contribution in [2.45, 2.75) is 78.1 Å². The van der Waals surface area contributed by atoms with Gasteiger partial charge in [0, 0.05) is 12.1 Å². The second kappa shape index (κ2) is 8.62. The van der Waals surface area contributed by atoms with Gasteiger partial charge in [0.1, 0.15) is 8.24 Å². The van der Waals surface area contributed by atoms with Gasteiger partial charge in [0.05, 0.1) is 6.61 Å². The van der Waals surface area contributed by atoms with Crippen molar-refractivity contribution in [3.63, 3.8) is 0 Å². The van der Waals surface area contributed by atoms with E-state index < -0.39 is 8.24 Å². The van der Waals surface area contributed by atoms with Crippen LogP contribution in [0.15, 0.2) is 12.2 Å². The third-order valence-electron chi connectivity index (χ3n) is 4.15. The molecule has 0 aromatic heterocycles. The fourth-order valence-corrected chi connectivity index (χ4v) is 9.24. The lowest BCUT2D eigenvalue weighted by atomic mass is 10.3. The molecule has 3 nitrogen and oxygen atoms in total. The van der Waals surface area contributed by atoms with Crippen LogP contribution in [0.5, 0.6) is 0 Å². The van der Waals surface area contributed by atoms with Crippen LogP contribution in [0.1, 0.15) is 55.4 Å². The van der Waals surface area contributed by atoms with Crippen molar-refractivity contribution in [2.24, 2.45) is 0 Å². The molecule has 0 aromatic carbocycles. The molecule has 0 unspecified atom stereocenters. The highest BCUT2D eigenvalue weighted by atomic mass is 28.3. The molecule has 0 aromatic rings. The van der Waals surface area contributed by atoms with Crippen LogP contribution < -0.4 is 4.98 Å². The number of ether oxygens (including phenoxy) is 1. The summed E-state index contributed by atoms with van der Waals surface area (Å²) in [5.41, 5.74) is 1.96. The third kappa shape index (κ3) is 5.06. The molecule has 0 aliphatic carbocycles. The number of hydrogen-bond donors (Lipinski definition) is 1. The monoisotopic (exact) mass is 299 g/mol. The standard InChI is InChI=1S/C16H33NO2Si/c1-9-19-16(18)11-10-15(8)17-20(12(2)3,13(4)5)14(6)7/h10-15,17H,9H2,1-8H3/b11-10+/t15-/m0/s1. The number of carbonyl (C=O) groups is 1. The number of hydrogen-bond acceptors (Lipinski definition) is 3. The Morgan fingerprint density at radius 3 is 1.85 bits per heavy atom. The van der Waals surface area contributed by atoms with Gasteiger partial charge in [-0.2, -0.15) is 0 Å². The summed E-state index contributed by atoms with van der Waals surface area (Å²) in [6.07, 6.45) is 3.47. The van der Waals surface area contributed by atoms with Crippen molar-refractivity contribution in [3.05, 3.63) is 12.2 Å². The first kappa shape index (κ1) is 19.4. The largest absolute Gasteiger partial charge is 0.463 e. The third-order valence-corrected chi connectivity index (χ3v) is 10.8. The van der Waals surface area contributed by atoms with Gasteiger partial charge in [0.25, 0.3) is 0 Å². The molecule has 1 N–H and O–H groups in total. The van der Waals surface area contributed by atoms with E-state index in [0.717, 1.165) is 0 Å². The van der Waals surface area contributed by atoms with Crippen molar-refractivity contribution < 1.29 is 9.53 Å². The van der Waals surface area contributed by atoms with E-state index in [0.29, 0.717) is 23.2 Å². The van der Waals surface area contributed by atoms with Gasteiger partial charge in [-0.1, -0.05) is 47.6 Å². The molecule has 0 bridgehead atoms. The molecule has 0 aliphatic rings. The molecular formula is C16H33NO2Si. The second-order valence-electron chi connectivity index (χ2n) is 6.44. The average Bonchev–Trinajstić information content (AvgIpc) is 2.32. The summed E-state index contributed by atoms with van der Waals surface area (Å²) in [7, 11) is -1.63. The van der Waals surface area contributed by atoms with Gasteiger partial charge in [-0.3, -0.25) is 0 Å². The lowest BCUT2D eigenvalue weighted by molar-refractivity contribution is -0.137. The van der Waals surface area contributed by atoms with Crippen LogP contribution in [-0.2, 0) is 9.53 Å². The molecule has 0 amide bonds. The highest BCUT2D eigenvalue weighted by molar-refractivity contribution is 6.81. The fourth-order valence-electron chi connectivity index (χ4n) is 3.36. The predicted molar refractivity (Wildman–Crippen MR) is 89.4 cm³/mol. The van der Waals surface area contributed by atoms with Gasteiger partial charge in [0.15, 0.2) is 0 Å². The van der Waals surface area contributed by atoms with E-state index in [2.05, 4.69) is 53.4 Å². The molecule has 0 radical (unpaired) electrons. The molecule has 20 heavy (non-hydrogen) atoms. The lowest BCUT2D eigenvalue weighted by Gasteiger charge is -2.45. The summed E-state index contributed by atoms with van der Waals surface area (Å²) >= 11 is 0. The number of esters is 1. The summed E-state index contributed by atoms with van der Waals surface area (Å²) in [4.78, 5) is 15.3. The summed E-state index contributed by atoms with van der Waals surface area (Å²) in [5.74, 6) is -0.257. The van der Waals surface area contributed by atoms with Gasteiger partial charge in [-0.25, -0.2) is 4.79 Å². The average molecular weight is 300 g/mol. The smallest absolute Gasteiger partial charge is 0.330 e. The lowest BCUT2D eigenvalue weighted by Crippen LogP contribution is -2.60. The first-order chi connectivity index (χ1) is 9.18. The van der Waals surface area contributed by atoms with E-state index >= 15 is 0 Å². The topological polar surface area (TPSA) is 38.3 Å². The summed E-state index contributed by atoms with van der Waals surface area (Å²) < 4.78 is 4.92. The Kier molecular flexibility index (Phi) is 8.36. The quantitative estimate of drug-likeness (QED) is 0.413. The minimum atomic E-state index is -1.63. The van der Waals surface area contributed by atoms with Crippen molar-refractivity contribution in [2.75, 3.05) is 6.61 Å². The molecule has 0 heterocycles. The molecule has 4 heteroatoms. The zero-order valence-electron chi connectivity index (χ0n) is 14.5. The number of carbonyl (C=O) groups excluding carboxylic acids is 1. The van der Waals surface area contributed by atoms with E-state index in [1.54, 1.807) is 6.08 Å². The van der Waals surface area contributed by atoms with Gasteiger partial charge in [-0.15, -0.1) is 0 Å². The maximum absolute atomic E-state index is 11.4. The Labute approximate surface area is 126 Å². The summed E-state index contributed by atoms with van der Waals surface area (Å²) in [5, 5.41) is 0. The van der Waals surface area contributed by atoms with E-state index in [1.807, 2.05) is 13.0 Å². The van der Waals surface area contributed by atoms with Crippen LogP contribution in [0, 0.1) is 0 Å². The van der Waals surface area contributed by atoms with Crippen molar-refractivity contribution in [3.8, 4) is 0 Å². The normalized spacial score (nSPS) is 14.6. The van der Waals surface area contributed by atoms with Crippen LogP contribution >= 0.6 is 0 Å². The Hall–Kier alpha value is -0.613. The first-order valence-electron chi connectivity index (χ1n) is 7.81. The Balaban J connectivity index is 4.96. The SMILES string of the molecule is CCOC(=O)/C=C/[C@H](C)N[Si](C(C)C)(C(C)C)C(C)C. The molecule has 118 valence electrons. The van der Waals surface area contributed by atoms with Crippen molar-refractivity contribution in [1.29, 1.82) is 0 Å². The van der Waals surface area contributed by atoms with Gasteiger partial charge >= 0.3 is 5.97 Å². The summed E-state index contributed by atoms with van der Waals surface area (Å²) in [6, 6.07) is 0.193. The van der Waals surface area contributed by atoms with Crippen molar-refractivity contribution in [1.82, 2.24) is 4.98 Å². The van der Waals surface area contributed by atoms with Crippen LogP contribution in [0.4, 0.5) is 0 Å². The molecule has 0 spiro atoms. The minimum Gasteiger partial charge on any atom is -0.463 e. The zero-order chi connectivity index (χ0) is 15.9. The van der Waals surface area contributed by atoms with E-state index in [9.17, 15) is 4.79 Å². The van der Waals surface area contributed by atoms with Crippen LogP contribution in [-0.4, -0.2) is 26.9 Å². The highest BCUT2D eigenvalue weighted by Crippen LogP contribution is 2.39. The minimum absolute atomic E-state index is 0.193. The van der Waals surface area contributed by atoms with Gasteiger partial charge in [-0.05, 0) is 30.5 Å². The van der Waals surface area contributed by atoms with Crippen LogP contribution in [0.2, 0.25) is 16.6 Å². The second-order valence-corrected chi connectivity index (χ2v) is 12.1. The highest BCUT2D eigenvalue weighted by Gasteiger charge is 2.43. The molecule has 1 atom stereocenters. The van der Waals surface area contributed by atoms with Gasteiger partial charge in [0.2, 0.25) is 0 Å². The maximum atomic E-state index is 11.4. The molecule has 0 rings (SSSR count). The van der Waals surface area contributed by atoms with Gasteiger partial charge < -0.3 is 9.72 Å². The van der Waals surface area contributed by atoms with E-state index in [-0.39, 0.29) is 12.0 Å². The van der Waals surface area contributed by atoms with E-state index in [1.165, 1.54) is 0 Å². The Morgan fingerprint density at radius 2 is 1.50 bits per heavy atom. The number of nitrogens with one attached hydrogen (secondary N) is 1. The zero-order valence-corrected chi connectivity index (χ0v) is 15.5. The number of rotatable bonds is 8. The molecular weight excluding hydrogens is 266 g/mol. The molecule has 0 saturated carbocycles. The molecule has 0 fully saturated rings. The fraction of sp³-hybridized carbons (Fsp3) is 0.812. The molecule has 0 saturated heterocycles. The van der Waals surface area contributed by atoms with Crippen LogP contribution in [0.3, 0.4) is 0 Å². The van der Waals surface area contributed by atoms with Crippen molar-refractivity contribution >= 4 is 14.2 Å². The summed E-state index contributed by atoms with van der Waals surface area (Å²) in [6.45, 7) is 18.3. The van der Waals surface area contributed by atoms with E-state index in [4.69, 9.17) is 4.74 Å². The van der Waals surface area contributed by atoms with Crippen LogP contribution in [0.25, 0.3) is 0 Å². The molecule has 0 aliphatic heterocycles. The maximum Gasteiger partial charge on any atom is 0.330 e. The first-order valence-corrected chi connectivity index (χ1v) is 10.0. The predicted octanol–water partition coefficient (Wildman–Crippen LogP) is 4.26. The Morgan fingerprint density at radius 1 is 1.05 bits per heavy atom. The Bertz CT molecular complexity index is 303.